The fraction of sp³-hybridized carbons (Fsp3) is 0.727. The summed E-state index contributed by atoms with van der Waals surface area (Å²) in [5.74, 6) is 0.220. The third kappa shape index (κ3) is 1.82. The SMILES string of the molecule is COC(=O)/C=C1\CO[C@@H]2CCCC[C@H]12. The highest BCUT2D eigenvalue weighted by atomic mass is 16.5. The lowest BCUT2D eigenvalue weighted by Crippen LogP contribution is -2.21. The molecular weight excluding hydrogens is 180 g/mol. The van der Waals surface area contributed by atoms with E-state index in [1.165, 1.54) is 20.0 Å². The maximum Gasteiger partial charge on any atom is 0.330 e. The molecule has 1 heterocycles. The van der Waals surface area contributed by atoms with E-state index in [1.807, 2.05) is 0 Å². The Hall–Kier alpha value is -0.830. The second-order valence-electron chi connectivity index (χ2n) is 3.98. The van der Waals surface area contributed by atoms with Crippen molar-refractivity contribution in [2.75, 3.05) is 13.7 Å². The fourth-order valence-electron chi connectivity index (χ4n) is 2.39. The molecule has 0 amide bonds. The summed E-state index contributed by atoms with van der Waals surface area (Å²) in [6.45, 7) is 0.616. The minimum Gasteiger partial charge on any atom is -0.466 e. The first-order valence-electron chi connectivity index (χ1n) is 5.21. The van der Waals surface area contributed by atoms with E-state index in [-0.39, 0.29) is 5.97 Å². The number of esters is 1. The normalized spacial score (nSPS) is 34.2. The number of methoxy groups -OCH3 is 1. The molecule has 0 aromatic rings. The van der Waals surface area contributed by atoms with Gasteiger partial charge < -0.3 is 9.47 Å². The summed E-state index contributed by atoms with van der Waals surface area (Å²) >= 11 is 0. The molecule has 3 nitrogen and oxygen atoms in total. The van der Waals surface area contributed by atoms with Crippen LogP contribution in [-0.2, 0) is 14.3 Å². The molecule has 0 unspecified atom stereocenters. The van der Waals surface area contributed by atoms with E-state index in [2.05, 4.69) is 4.74 Å². The third-order valence-corrected chi connectivity index (χ3v) is 3.15. The van der Waals surface area contributed by atoms with Gasteiger partial charge in [-0.25, -0.2) is 4.79 Å². The van der Waals surface area contributed by atoms with E-state index in [9.17, 15) is 4.79 Å². The highest BCUT2D eigenvalue weighted by molar-refractivity contribution is 5.82. The molecule has 0 spiro atoms. The molecule has 2 rings (SSSR count). The van der Waals surface area contributed by atoms with Crippen LogP contribution in [0.25, 0.3) is 0 Å². The lowest BCUT2D eigenvalue weighted by Gasteiger charge is -2.23. The van der Waals surface area contributed by atoms with Crippen molar-refractivity contribution in [1.82, 2.24) is 0 Å². The molecule has 1 saturated carbocycles. The monoisotopic (exact) mass is 196 g/mol. The van der Waals surface area contributed by atoms with E-state index in [0.717, 1.165) is 18.4 Å². The second kappa shape index (κ2) is 4.13. The van der Waals surface area contributed by atoms with Gasteiger partial charge in [0.05, 0.1) is 19.8 Å². The van der Waals surface area contributed by atoms with E-state index >= 15 is 0 Å². The summed E-state index contributed by atoms with van der Waals surface area (Å²) in [5.41, 5.74) is 1.13. The molecule has 0 aromatic carbocycles. The van der Waals surface area contributed by atoms with Gasteiger partial charge in [-0.2, -0.15) is 0 Å². The number of ether oxygens (including phenoxy) is 2. The van der Waals surface area contributed by atoms with Gasteiger partial charge in [-0.05, 0) is 18.4 Å². The van der Waals surface area contributed by atoms with Crippen LogP contribution in [0.5, 0.6) is 0 Å². The average Bonchev–Trinajstić information content (AvgIpc) is 2.62. The van der Waals surface area contributed by atoms with Crippen LogP contribution >= 0.6 is 0 Å². The van der Waals surface area contributed by atoms with Crippen molar-refractivity contribution in [3.63, 3.8) is 0 Å². The van der Waals surface area contributed by atoms with Crippen molar-refractivity contribution in [2.45, 2.75) is 31.8 Å². The Bertz CT molecular complexity index is 257. The van der Waals surface area contributed by atoms with Gasteiger partial charge >= 0.3 is 5.97 Å². The standard InChI is InChI=1S/C11H16O3/c1-13-11(12)6-8-7-14-10-5-3-2-4-9(8)10/h6,9-10H,2-5,7H2,1H3/b8-6+/t9-,10-/m1/s1. The highest BCUT2D eigenvalue weighted by Crippen LogP contribution is 2.37. The van der Waals surface area contributed by atoms with Gasteiger partial charge in [0.1, 0.15) is 0 Å². The molecule has 2 atom stereocenters. The Morgan fingerprint density at radius 2 is 2.29 bits per heavy atom. The topological polar surface area (TPSA) is 35.5 Å². The first-order chi connectivity index (χ1) is 6.81. The predicted molar refractivity (Wildman–Crippen MR) is 51.8 cm³/mol. The van der Waals surface area contributed by atoms with Crippen LogP contribution in [-0.4, -0.2) is 25.8 Å². The average molecular weight is 196 g/mol. The van der Waals surface area contributed by atoms with Crippen molar-refractivity contribution in [2.24, 2.45) is 5.92 Å². The third-order valence-electron chi connectivity index (χ3n) is 3.15. The molecule has 1 aliphatic heterocycles. The van der Waals surface area contributed by atoms with Gasteiger partial charge in [0.15, 0.2) is 0 Å². The zero-order valence-corrected chi connectivity index (χ0v) is 8.49. The minimum absolute atomic E-state index is 0.255. The Morgan fingerprint density at radius 1 is 1.50 bits per heavy atom. The smallest absolute Gasteiger partial charge is 0.330 e. The van der Waals surface area contributed by atoms with Gasteiger partial charge in [0, 0.05) is 12.0 Å². The van der Waals surface area contributed by atoms with Gasteiger partial charge in [-0.3, -0.25) is 0 Å². The molecule has 0 bridgehead atoms. The lowest BCUT2D eigenvalue weighted by atomic mass is 9.83. The van der Waals surface area contributed by atoms with E-state index < -0.39 is 0 Å². The Labute approximate surface area is 84.1 Å². The summed E-state index contributed by atoms with van der Waals surface area (Å²) in [6.07, 6.45) is 6.78. The largest absolute Gasteiger partial charge is 0.466 e. The maximum atomic E-state index is 11.1. The molecule has 0 aromatic heterocycles. The van der Waals surface area contributed by atoms with Gasteiger partial charge in [-0.1, -0.05) is 12.8 Å². The molecule has 2 fully saturated rings. The molecule has 0 radical (unpaired) electrons. The summed E-state index contributed by atoms with van der Waals surface area (Å²) in [5, 5.41) is 0. The van der Waals surface area contributed by atoms with Crippen molar-refractivity contribution in [3.05, 3.63) is 11.6 Å². The molecule has 14 heavy (non-hydrogen) atoms. The Morgan fingerprint density at radius 3 is 3.07 bits per heavy atom. The van der Waals surface area contributed by atoms with Crippen LogP contribution in [0.1, 0.15) is 25.7 Å². The minimum atomic E-state index is -0.255. The molecule has 1 saturated heterocycles. The second-order valence-corrected chi connectivity index (χ2v) is 3.98. The number of fused-ring (bicyclic) bond motifs is 1. The van der Waals surface area contributed by atoms with Gasteiger partial charge in [0.25, 0.3) is 0 Å². The quantitative estimate of drug-likeness (QED) is 0.473. The first-order valence-corrected chi connectivity index (χ1v) is 5.21. The van der Waals surface area contributed by atoms with Crippen LogP contribution in [0.4, 0.5) is 0 Å². The summed E-state index contributed by atoms with van der Waals surface area (Å²) in [6, 6.07) is 0. The van der Waals surface area contributed by atoms with Gasteiger partial charge in [-0.15, -0.1) is 0 Å². The first kappa shape index (κ1) is 9.71. The van der Waals surface area contributed by atoms with Crippen molar-refractivity contribution in [3.8, 4) is 0 Å². The van der Waals surface area contributed by atoms with Crippen molar-refractivity contribution < 1.29 is 14.3 Å². The molecular formula is C11H16O3. The Kier molecular flexibility index (Phi) is 2.87. The summed E-state index contributed by atoms with van der Waals surface area (Å²) < 4.78 is 10.3. The predicted octanol–water partition coefficient (Wildman–Crippen LogP) is 1.67. The zero-order chi connectivity index (χ0) is 9.97. The molecule has 78 valence electrons. The highest BCUT2D eigenvalue weighted by Gasteiger charge is 2.34. The van der Waals surface area contributed by atoms with Crippen LogP contribution in [0, 0.1) is 5.92 Å². The number of rotatable bonds is 1. The van der Waals surface area contributed by atoms with Gasteiger partial charge in [0.2, 0.25) is 0 Å². The molecule has 1 aliphatic carbocycles. The van der Waals surface area contributed by atoms with Crippen LogP contribution < -0.4 is 0 Å². The van der Waals surface area contributed by atoms with E-state index in [0.29, 0.717) is 18.6 Å². The number of hydrogen-bond donors (Lipinski definition) is 0. The fourth-order valence-corrected chi connectivity index (χ4v) is 2.39. The molecule has 0 N–H and O–H groups in total. The van der Waals surface area contributed by atoms with E-state index in [1.54, 1.807) is 6.08 Å². The van der Waals surface area contributed by atoms with E-state index in [4.69, 9.17) is 4.74 Å². The summed E-state index contributed by atoms with van der Waals surface area (Å²) in [7, 11) is 1.41. The van der Waals surface area contributed by atoms with Crippen molar-refractivity contribution >= 4 is 5.97 Å². The number of hydrogen-bond acceptors (Lipinski definition) is 3. The molecule has 3 heteroatoms. The maximum absolute atomic E-state index is 11.1. The zero-order valence-electron chi connectivity index (χ0n) is 8.49. The number of carbonyl (C=O) groups is 1. The Balaban J connectivity index is 2.07. The number of carbonyl (C=O) groups excluding carboxylic acids is 1. The van der Waals surface area contributed by atoms with Crippen LogP contribution in [0.2, 0.25) is 0 Å². The van der Waals surface area contributed by atoms with Crippen LogP contribution in [0.3, 0.4) is 0 Å². The summed E-state index contributed by atoms with van der Waals surface area (Å²) in [4.78, 5) is 11.1. The lowest BCUT2D eigenvalue weighted by molar-refractivity contribution is -0.134. The molecule has 2 aliphatic rings. The van der Waals surface area contributed by atoms with Crippen LogP contribution in [0.15, 0.2) is 11.6 Å². The van der Waals surface area contributed by atoms with Crippen molar-refractivity contribution in [1.29, 1.82) is 0 Å².